The number of hydrogen-bond acceptors (Lipinski definition) is 6. The van der Waals surface area contributed by atoms with Crippen LogP contribution in [0.25, 0.3) is 16.7 Å². The first-order chi connectivity index (χ1) is 15.5. The van der Waals surface area contributed by atoms with Gasteiger partial charge in [-0.05, 0) is 51.4 Å². The van der Waals surface area contributed by atoms with Gasteiger partial charge in [-0.25, -0.2) is 9.37 Å². The summed E-state index contributed by atoms with van der Waals surface area (Å²) in [6.07, 6.45) is 6.87. The number of nitriles is 1. The Balaban J connectivity index is 1.46. The van der Waals surface area contributed by atoms with Crippen molar-refractivity contribution in [2.45, 2.75) is 38.8 Å². The first-order valence-corrected chi connectivity index (χ1v) is 10.6. The third-order valence-electron chi connectivity index (χ3n) is 5.94. The van der Waals surface area contributed by atoms with Gasteiger partial charge in [0.25, 0.3) is 0 Å². The summed E-state index contributed by atoms with van der Waals surface area (Å²) in [6, 6.07) is 10.1. The Morgan fingerprint density at radius 3 is 3.00 bits per heavy atom. The SMILES string of the molecule is Cc1nn([C@@H]2CCN[C@@H](C)C2)cc1Nc1ncc(F)c(-n2ccc3c(C#N)cccc32)n1. The molecule has 2 N–H and O–H groups in total. The van der Waals surface area contributed by atoms with E-state index in [1.165, 1.54) is 0 Å². The van der Waals surface area contributed by atoms with E-state index < -0.39 is 5.82 Å². The zero-order valence-corrected chi connectivity index (χ0v) is 17.9. The molecule has 8 nitrogen and oxygen atoms in total. The lowest BCUT2D eigenvalue weighted by molar-refractivity contribution is 0.294. The third-order valence-corrected chi connectivity index (χ3v) is 5.94. The number of rotatable bonds is 4. The van der Waals surface area contributed by atoms with Crippen molar-refractivity contribution in [3.05, 3.63) is 59.9 Å². The second-order valence-electron chi connectivity index (χ2n) is 8.17. The van der Waals surface area contributed by atoms with Crippen LogP contribution in [-0.2, 0) is 0 Å². The van der Waals surface area contributed by atoms with Crippen LogP contribution in [0.2, 0.25) is 0 Å². The van der Waals surface area contributed by atoms with Crippen LogP contribution in [0.4, 0.5) is 16.0 Å². The molecule has 162 valence electrons. The van der Waals surface area contributed by atoms with Crippen molar-refractivity contribution in [3.63, 3.8) is 0 Å². The molecular weight excluding hydrogens is 407 g/mol. The first kappa shape index (κ1) is 20.2. The molecule has 1 aliphatic rings. The van der Waals surface area contributed by atoms with Crippen LogP contribution in [0.1, 0.15) is 37.1 Å². The standard InChI is InChI=1S/C23H23FN8/c1-14-10-17(6-8-26-14)32-13-20(15(2)30-32)28-23-27-12-19(24)22(29-23)31-9-7-18-16(11-25)4-3-5-21(18)31/h3-5,7,9,12-14,17,26H,6,8,10H2,1-2H3,(H,27,28,29)/t14-,17+/m0/s1. The monoisotopic (exact) mass is 430 g/mol. The molecule has 0 amide bonds. The summed E-state index contributed by atoms with van der Waals surface area (Å²) in [5.41, 5.74) is 2.86. The Morgan fingerprint density at radius 2 is 2.19 bits per heavy atom. The molecule has 4 aromatic rings. The summed E-state index contributed by atoms with van der Waals surface area (Å²) in [5, 5.41) is 21.4. The predicted molar refractivity (Wildman–Crippen MR) is 120 cm³/mol. The molecule has 1 fully saturated rings. The summed E-state index contributed by atoms with van der Waals surface area (Å²) in [4.78, 5) is 8.55. The second-order valence-corrected chi connectivity index (χ2v) is 8.17. The molecule has 2 atom stereocenters. The molecule has 0 radical (unpaired) electrons. The summed E-state index contributed by atoms with van der Waals surface area (Å²) < 4.78 is 18.3. The quantitative estimate of drug-likeness (QED) is 0.508. The van der Waals surface area contributed by atoms with E-state index in [0.717, 1.165) is 42.4 Å². The second kappa shape index (κ2) is 8.05. The molecule has 1 aromatic carbocycles. The van der Waals surface area contributed by atoms with Crippen LogP contribution >= 0.6 is 0 Å². The van der Waals surface area contributed by atoms with E-state index >= 15 is 0 Å². The molecule has 0 aliphatic carbocycles. The lowest BCUT2D eigenvalue weighted by atomic mass is 10.0. The van der Waals surface area contributed by atoms with Crippen LogP contribution in [0.3, 0.4) is 0 Å². The van der Waals surface area contributed by atoms with Crippen molar-refractivity contribution in [1.82, 2.24) is 29.6 Å². The Bertz CT molecular complexity index is 1330. The molecule has 5 rings (SSSR count). The van der Waals surface area contributed by atoms with Gasteiger partial charge in [-0.2, -0.15) is 15.3 Å². The van der Waals surface area contributed by atoms with Crippen LogP contribution in [0.5, 0.6) is 0 Å². The van der Waals surface area contributed by atoms with Gasteiger partial charge in [-0.1, -0.05) is 6.07 Å². The summed E-state index contributed by atoms with van der Waals surface area (Å²) in [6.45, 7) is 5.08. The Kier molecular flexibility index (Phi) is 5.07. The molecule has 0 bridgehead atoms. The fourth-order valence-electron chi connectivity index (χ4n) is 4.29. The highest BCUT2D eigenvalue weighted by molar-refractivity contribution is 5.87. The molecule has 0 saturated carbocycles. The number of aryl methyl sites for hydroxylation is 1. The Labute approximate surface area is 184 Å². The number of fused-ring (bicyclic) bond motifs is 1. The number of halogens is 1. The van der Waals surface area contributed by atoms with E-state index in [2.05, 4.69) is 38.7 Å². The van der Waals surface area contributed by atoms with Gasteiger partial charge in [-0.15, -0.1) is 0 Å². The van der Waals surface area contributed by atoms with Gasteiger partial charge in [0.2, 0.25) is 5.95 Å². The zero-order valence-electron chi connectivity index (χ0n) is 17.9. The summed E-state index contributed by atoms with van der Waals surface area (Å²) in [7, 11) is 0. The highest BCUT2D eigenvalue weighted by atomic mass is 19.1. The minimum Gasteiger partial charge on any atom is -0.321 e. The van der Waals surface area contributed by atoms with E-state index in [9.17, 15) is 9.65 Å². The van der Waals surface area contributed by atoms with E-state index in [0.29, 0.717) is 23.2 Å². The number of hydrogen-bond donors (Lipinski definition) is 2. The molecule has 3 aromatic heterocycles. The number of piperidine rings is 1. The molecule has 4 heterocycles. The van der Waals surface area contributed by atoms with Crippen molar-refractivity contribution >= 4 is 22.5 Å². The maximum Gasteiger partial charge on any atom is 0.229 e. The van der Waals surface area contributed by atoms with E-state index in [-0.39, 0.29) is 11.8 Å². The highest BCUT2D eigenvalue weighted by Crippen LogP contribution is 2.27. The third kappa shape index (κ3) is 3.59. The molecule has 1 saturated heterocycles. The van der Waals surface area contributed by atoms with Gasteiger partial charge >= 0.3 is 0 Å². The summed E-state index contributed by atoms with van der Waals surface area (Å²) in [5.74, 6) is -0.155. The van der Waals surface area contributed by atoms with Crippen LogP contribution in [0, 0.1) is 24.1 Å². The topological polar surface area (TPSA) is 96.4 Å². The van der Waals surface area contributed by atoms with Gasteiger partial charge in [-0.3, -0.25) is 9.25 Å². The van der Waals surface area contributed by atoms with Crippen LogP contribution in [0.15, 0.2) is 42.9 Å². The van der Waals surface area contributed by atoms with Gasteiger partial charge < -0.3 is 10.6 Å². The van der Waals surface area contributed by atoms with E-state index in [4.69, 9.17) is 0 Å². The lowest BCUT2D eigenvalue weighted by Crippen LogP contribution is -2.36. The first-order valence-electron chi connectivity index (χ1n) is 10.6. The maximum atomic E-state index is 14.7. The van der Waals surface area contributed by atoms with Crippen molar-refractivity contribution in [1.29, 1.82) is 5.26 Å². The van der Waals surface area contributed by atoms with E-state index in [1.807, 2.05) is 23.9 Å². The molecule has 32 heavy (non-hydrogen) atoms. The molecule has 0 spiro atoms. The highest BCUT2D eigenvalue weighted by Gasteiger charge is 2.22. The number of benzene rings is 1. The van der Waals surface area contributed by atoms with Gasteiger partial charge in [0.1, 0.15) is 0 Å². The zero-order chi connectivity index (χ0) is 22.2. The van der Waals surface area contributed by atoms with Crippen molar-refractivity contribution in [3.8, 4) is 11.9 Å². The predicted octanol–water partition coefficient (Wildman–Crippen LogP) is 3.99. The molecule has 0 unspecified atom stereocenters. The minimum absolute atomic E-state index is 0.116. The lowest BCUT2D eigenvalue weighted by Gasteiger charge is -2.28. The van der Waals surface area contributed by atoms with E-state index in [1.54, 1.807) is 29.0 Å². The molecule has 1 aliphatic heterocycles. The minimum atomic E-state index is -0.550. The Hall–Kier alpha value is -3.77. The fraction of sp³-hybridized carbons (Fsp3) is 0.304. The normalized spacial score (nSPS) is 18.6. The van der Waals surface area contributed by atoms with Crippen LogP contribution in [-0.4, -0.2) is 36.9 Å². The van der Waals surface area contributed by atoms with Crippen molar-refractivity contribution in [2.24, 2.45) is 0 Å². The van der Waals surface area contributed by atoms with Crippen molar-refractivity contribution in [2.75, 3.05) is 11.9 Å². The smallest absolute Gasteiger partial charge is 0.229 e. The number of nitrogens with zero attached hydrogens (tertiary/aromatic N) is 6. The summed E-state index contributed by atoms with van der Waals surface area (Å²) >= 11 is 0. The number of nitrogens with one attached hydrogen (secondary N) is 2. The largest absolute Gasteiger partial charge is 0.321 e. The number of anilines is 2. The van der Waals surface area contributed by atoms with Gasteiger partial charge in [0.15, 0.2) is 11.6 Å². The fourth-order valence-corrected chi connectivity index (χ4v) is 4.29. The Morgan fingerprint density at radius 1 is 1.31 bits per heavy atom. The van der Waals surface area contributed by atoms with Crippen LogP contribution < -0.4 is 10.6 Å². The maximum absolute atomic E-state index is 14.7. The average molecular weight is 430 g/mol. The van der Waals surface area contributed by atoms with Gasteiger partial charge in [0.05, 0.1) is 40.8 Å². The number of aromatic nitrogens is 5. The molecular formula is C23H23FN8. The van der Waals surface area contributed by atoms with Gasteiger partial charge in [0, 0.05) is 23.8 Å². The molecule has 9 heteroatoms. The van der Waals surface area contributed by atoms with Crippen molar-refractivity contribution < 1.29 is 4.39 Å². The average Bonchev–Trinajstić information content (AvgIpc) is 3.39.